The van der Waals surface area contributed by atoms with Crippen molar-refractivity contribution in [2.45, 2.75) is 26.2 Å². The fraction of sp³-hybridized carbons (Fsp3) is 0.312. The van der Waals surface area contributed by atoms with E-state index in [1.807, 2.05) is 30.3 Å². The molecule has 0 fully saturated rings. The number of carbonyl (C=O) groups excluding carboxylic acids is 1. The van der Waals surface area contributed by atoms with Crippen molar-refractivity contribution >= 4 is 16.7 Å². The molecule has 0 bridgehead atoms. The van der Waals surface area contributed by atoms with E-state index in [4.69, 9.17) is 4.74 Å². The lowest BCUT2D eigenvalue weighted by molar-refractivity contribution is 0.0603. The van der Waals surface area contributed by atoms with E-state index in [2.05, 4.69) is 26.8 Å². The maximum absolute atomic E-state index is 11.8. The van der Waals surface area contributed by atoms with E-state index in [1.54, 1.807) is 0 Å². The number of ether oxygens (including phenoxy) is 1. The number of hydrogen-bond donors (Lipinski definition) is 0. The van der Waals surface area contributed by atoms with Crippen LogP contribution >= 0.6 is 0 Å². The van der Waals surface area contributed by atoms with Gasteiger partial charge < -0.3 is 4.74 Å². The first-order chi connectivity index (χ1) is 8.45. The van der Waals surface area contributed by atoms with Gasteiger partial charge in [-0.05, 0) is 27.8 Å². The molecule has 0 aliphatic carbocycles. The van der Waals surface area contributed by atoms with Gasteiger partial charge in [0.15, 0.2) is 0 Å². The predicted octanol–water partition coefficient (Wildman–Crippen LogP) is 3.92. The lowest BCUT2D eigenvalue weighted by Gasteiger charge is -2.22. The standard InChI is InChI=1S/C16H18O2/c1-16(2,3)14-10-9-13(15(17)18-4)11-7-5-6-8-12(11)14/h5-10H,1-4H3. The predicted molar refractivity (Wildman–Crippen MR) is 74.0 cm³/mol. The highest BCUT2D eigenvalue weighted by Crippen LogP contribution is 2.31. The molecular weight excluding hydrogens is 224 g/mol. The van der Waals surface area contributed by atoms with Crippen molar-refractivity contribution in [1.82, 2.24) is 0 Å². The molecule has 0 atom stereocenters. The second-order valence-corrected chi connectivity index (χ2v) is 5.45. The van der Waals surface area contributed by atoms with Crippen molar-refractivity contribution in [2.24, 2.45) is 0 Å². The van der Waals surface area contributed by atoms with Crippen molar-refractivity contribution < 1.29 is 9.53 Å². The molecule has 94 valence electrons. The Balaban J connectivity index is 2.78. The van der Waals surface area contributed by atoms with Gasteiger partial charge in [0.2, 0.25) is 0 Å². The second kappa shape index (κ2) is 4.45. The quantitative estimate of drug-likeness (QED) is 0.708. The Labute approximate surface area is 108 Å². The van der Waals surface area contributed by atoms with Gasteiger partial charge in [-0.1, -0.05) is 51.1 Å². The topological polar surface area (TPSA) is 26.3 Å². The molecule has 0 aliphatic rings. The molecule has 0 spiro atoms. The molecule has 18 heavy (non-hydrogen) atoms. The Bertz CT molecular complexity index is 592. The van der Waals surface area contributed by atoms with Gasteiger partial charge in [0.1, 0.15) is 0 Å². The molecule has 2 heteroatoms. The van der Waals surface area contributed by atoms with Gasteiger partial charge in [-0.25, -0.2) is 4.79 Å². The van der Waals surface area contributed by atoms with E-state index in [9.17, 15) is 4.79 Å². The third-order valence-electron chi connectivity index (χ3n) is 3.14. The molecule has 2 aromatic carbocycles. The Morgan fingerprint density at radius 3 is 2.17 bits per heavy atom. The normalized spacial score (nSPS) is 11.6. The smallest absolute Gasteiger partial charge is 0.338 e. The Hall–Kier alpha value is -1.83. The molecular formula is C16H18O2. The van der Waals surface area contributed by atoms with E-state index in [-0.39, 0.29) is 11.4 Å². The number of hydrogen-bond acceptors (Lipinski definition) is 2. The van der Waals surface area contributed by atoms with Gasteiger partial charge in [-0.15, -0.1) is 0 Å². The first-order valence-corrected chi connectivity index (χ1v) is 6.05. The fourth-order valence-electron chi connectivity index (χ4n) is 2.24. The molecule has 2 rings (SSSR count). The van der Waals surface area contributed by atoms with Gasteiger partial charge in [0, 0.05) is 0 Å². The number of rotatable bonds is 1. The van der Waals surface area contributed by atoms with Crippen LogP contribution in [0.5, 0.6) is 0 Å². The average Bonchev–Trinajstić information content (AvgIpc) is 2.35. The largest absolute Gasteiger partial charge is 0.465 e. The van der Waals surface area contributed by atoms with E-state index < -0.39 is 0 Å². The fourth-order valence-corrected chi connectivity index (χ4v) is 2.24. The van der Waals surface area contributed by atoms with Crippen molar-refractivity contribution in [2.75, 3.05) is 7.11 Å². The molecule has 0 saturated carbocycles. The number of benzene rings is 2. The molecule has 0 amide bonds. The van der Waals surface area contributed by atoms with Gasteiger partial charge in [0.05, 0.1) is 12.7 Å². The average molecular weight is 242 g/mol. The molecule has 2 aromatic rings. The van der Waals surface area contributed by atoms with Gasteiger partial charge in [-0.2, -0.15) is 0 Å². The SMILES string of the molecule is COC(=O)c1ccc(C(C)(C)C)c2ccccc12. The zero-order chi connectivity index (χ0) is 13.3. The van der Waals surface area contributed by atoms with Crippen molar-refractivity contribution in [3.8, 4) is 0 Å². The third kappa shape index (κ3) is 2.10. The number of fused-ring (bicyclic) bond motifs is 1. The van der Waals surface area contributed by atoms with E-state index in [0.29, 0.717) is 5.56 Å². The summed E-state index contributed by atoms with van der Waals surface area (Å²) in [6.45, 7) is 6.52. The van der Waals surface area contributed by atoms with Crippen LogP contribution in [0.1, 0.15) is 36.7 Å². The van der Waals surface area contributed by atoms with Crippen LogP contribution < -0.4 is 0 Å². The lowest BCUT2D eigenvalue weighted by Crippen LogP contribution is -2.13. The van der Waals surface area contributed by atoms with Crippen LogP contribution in [0.2, 0.25) is 0 Å². The molecule has 0 radical (unpaired) electrons. The van der Waals surface area contributed by atoms with Crippen molar-refractivity contribution in [1.29, 1.82) is 0 Å². The maximum Gasteiger partial charge on any atom is 0.338 e. The van der Waals surface area contributed by atoms with Gasteiger partial charge in [0.25, 0.3) is 0 Å². The van der Waals surface area contributed by atoms with Crippen molar-refractivity contribution in [3.63, 3.8) is 0 Å². The highest BCUT2D eigenvalue weighted by Gasteiger charge is 2.19. The summed E-state index contributed by atoms with van der Waals surface area (Å²) in [4.78, 5) is 11.8. The third-order valence-corrected chi connectivity index (χ3v) is 3.14. The van der Waals surface area contributed by atoms with Crippen LogP contribution in [0, 0.1) is 0 Å². The summed E-state index contributed by atoms with van der Waals surface area (Å²) in [6, 6.07) is 11.8. The summed E-state index contributed by atoms with van der Waals surface area (Å²) in [5.41, 5.74) is 1.92. The Morgan fingerprint density at radius 2 is 1.61 bits per heavy atom. The zero-order valence-corrected chi connectivity index (χ0v) is 11.3. The lowest BCUT2D eigenvalue weighted by atomic mass is 9.83. The minimum absolute atomic E-state index is 0.0499. The highest BCUT2D eigenvalue weighted by molar-refractivity contribution is 6.05. The number of carbonyl (C=O) groups is 1. The van der Waals surface area contributed by atoms with E-state index >= 15 is 0 Å². The molecule has 2 nitrogen and oxygen atoms in total. The monoisotopic (exact) mass is 242 g/mol. The minimum Gasteiger partial charge on any atom is -0.465 e. The summed E-state index contributed by atoms with van der Waals surface area (Å²) in [6.07, 6.45) is 0. The van der Waals surface area contributed by atoms with Crippen LogP contribution in [-0.4, -0.2) is 13.1 Å². The molecule has 0 heterocycles. The van der Waals surface area contributed by atoms with Crippen LogP contribution in [0.15, 0.2) is 36.4 Å². The molecule has 0 unspecified atom stereocenters. The van der Waals surface area contributed by atoms with Crippen LogP contribution in [0.4, 0.5) is 0 Å². The second-order valence-electron chi connectivity index (χ2n) is 5.45. The summed E-state index contributed by atoms with van der Waals surface area (Å²) < 4.78 is 4.83. The van der Waals surface area contributed by atoms with E-state index in [0.717, 1.165) is 10.8 Å². The Kier molecular flexibility index (Phi) is 3.12. The highest BCUT2D eigenvalue weighted by atomic mass is 16.5. The van der Waals surface area contributed by atoms with Gasteiger partial charge >= 0.3 is 5.97 Å². The van der Waals surface area contributed by atoms with Crippen LogP contribution in [0.25, 0.3) is 10.8 Å². The minimum atomic E-state index is -0.286. The summed E-state index contributed by atoms with van der Waals surface area (Å²) >= 11 is 0. The summed E-state index contributed by atoms with van der Waals surface area (Å²) in [5, 5.41) is 2.07. The van der Waals surface area contributed by atoms with Crippen LogP contribution in [-0.2, 0) is 10.2 Å². The summed E-state index contributed by atoms with van der Waals surface area (Å²) in [7, 11) is 1.41. The van der Waals surface area contributed by atoms with Crippen LogP contribution in [0.3, 0.4) is 0 Å². The Morgan fingerprint density at radius 1 is 1.00 bits per heavy atom. The van der Waals surface area contributed by atoms with Crippen molar-refractivity contribution in [3.05, 3.63) is 47.5 Å². The molecule has 0 aliphatic heterocycles. The van der Waals surface area contributed by atoms with E-state index in [1.165, 1.54) is 12.7 Å². The molecule has 0 aromatic heterocycles. The molecule has 0 N–H and O–H groups in total. The first kappa shape index (κ1) is 12.6. The maximum atomic E-state index is 11.8. The number of methoxy groups -OCH3 is 1. The first-order valence-electron chi connectivity index (χ1n) is 6.05. The molecule has 0 saturated heterocycles. The zero-order valence-electron chi connectivity index (χ0n) is 11.3. The van der Waals surface area contributed by atoms with Gasteiger partial charge in [-0.3, -0.25) is 0 Å². The number of esters is 1. The summed E-state index contributed by atoms with van der Waals surface area (Å²) in [5.74, 6) is -0.286.